The van der Waals surface area contributed by atoms with Crippen LogP contribution in [0.1, 0.15) is 40.0 Å². The Kier molecular flexibility index (Phi) is 3.42. The van der Waals surface area contributed by atoms with Crippen LogP contribution in [0, 0.1) is 10.8 Å². The first-order valence-corrected chi connectivity index (χ1v) is 6.84. The normalized spacial score (nSPS) is 31.2. The van der Waals surface area contributed by atoms with Gasteiger partial charge in [-0.15, -0.1) is 0 Å². The highest BCUT2D eigenvalue weighted by Gasteiger charge is 2.76. The average Bonchev–Trinajstić information content (AvgIpc) is 2.20. The highest BCUT2D eigenvalue weighted by molar-refractivity contribution is 5.86. The molecular weight excluding hydrogens is 278 g/mol. The molecule has 3 aliphatic carbocycles. The first-order chi connectivity index (χ1) is 9.54. The standard InChI is InChI=1S/C14H21NO6/c1-12(2,3)21-11(19)15-8(9(16)17)13-5-14(6-13,7-13)10(18)20-4/h8H,5-7H2,1-4H3,(H,15,19)(H,16,17)/t8-,13?,14?/m1/s1. The van der Waals surface area contributed by atoms with Crippen molar-refractivity contribution in [2.45, 2.75) is 51.7 Å². The van der Waals surface area contributed by atoms with Gasteiger partial charge in [0.15, 0.2) is 0 Å². The second kappa shape index (κ2) is 4.61. The Labute approximate surface area is 123 Å². The summed E-state index contributed by atoms with van der Waals surface area (Å²) in [6, 6.07) is -1.04. The molecule has 0 aromatic heterocycles. The van der Waals surface area contributed by atoms with Crippen molar-refractivity contribution in [2.24, 2.45) is 10.8 Å². The zero-order valence-electron chi connectivity index (χ0n) is 12.7. The van der Waals surface area contributed by atoms with Gasteiger partial charge in [0.1, 0.15) is 11.6 Å². The highest BCUT2D eigenvalue weighted by atomic mass is 16.6. The summed E-state index contributed by atoms with van der Waals surface area (Å²) in [6.07, 6.45) is 0.532. The van der Waals surface area contributed by atoms with Crippen LogP contribution >= 0.6 is 0 Å². The van der Waals surface area contributed by atoms with Crippen molar-refractivity contribution in [3.8, 4) is 0 Å². The minimum atomic E-state index is -1.11. The maximum absolute atomic E-state index is 11.8. The topological polar surface area (TPSA) is 102 Å². The van der Waals surface area contributed by atoms with E-state index in [4.69, 9.17) is 9.47 Å². The molecule has 118 valence electrons. The molecule has 3 rings (SSSR count). The molecule has 7 heteroatoms. The molecule has 2 bridgehead atoms. The molecule has 1 amide bonds. The van der Waals surface area contributed by atoms with Gasteiger partial charge in [-0.25, -0.2) is 9.59 Å². The number of amides is 1. The summed E-state index contributed by atoms with van der Waals surface area (Å²) in [5.74, 6) is -1.41. The van der Waals surface area contributed by atoms with Gasteiger partial charge < -0.3 is 19.9 Å². The monoisotopic (exact) mass is 299 g/mol. The lowest BCUT2D eigenvalue weighted by Crippen LogP contribution is -2.74. The van der Waals surface area contributed by atoms with Crippen LogP contribution in [0.25, 0.3) is 0 Å². The number of aliphatic carboxylic acids is 1. The smallest absolute Gasteiger partial charge is 0.408 e. The predicted molar refractivity (Wildman–Crippen MR) is 71.5 cm³/mol. The van der Waals surface area contributed by atoms with Crippen LogP contribution in [0.15, 0.2) is 0 Å². The van der Waals surface area contributed by atoms with Crippen molar-refractivity contribution >= 4 is 18.0 Å². The summed E-state index contributed by atoms with van der Waals surface area (Å²) >= 11 is 0. The Hall–Kier alpha value is -1.79. The van der Waals surface area contributed by atoms with Crippen LogP contribution < -0.4 is 5.32 Å². The summed E-state index contributed by atoms with van der Waals surface area (Å²) in [5, 5.41) is 11.8. The zero-order valence-corrected chi connectivity index (χ0v) is 12.7. The van der Waals surface area contributed by atoms with Gasteiger partial charge in [-0.2, -0.15) is 0 Å². The Morgan fingerprint density at radius 3 is 2.10 bits per heavy atom. The molecule has 0 spiro atoms. The second-order valence-electron chi connectivity index (χ2n) is 7.08. The summed E-state index contributed by atoms with van der Waals surface area (Å²) < 4.78 is 9.82. The van der Waals surface area contributed by atoms with Crippen LogP contribution in [0.4, 0.5) is 4.79 Å². The number of methoxy groups -OCH3 is 1. The third-order valence-corrected chi connectivity index (χ3v) is 4.21. The van der Waals surface area contributed by atoms with Gasteiger partial charge in [0.25, 0.3) is 0 Å². The van der Waals surface area contributed by atoms with E-state index in [0.29, 0.717) is 19.3 Å². The fraction of sp³-hybridized carbons (Fsp3) is 0.786. The van der Waals surface area contributed by atoms with Crippen molar-refractivity contribution in [3.63, 3.8) is 0 Å². The number of carboxylic acid groups (broad SMARTS) is 1. The molecule has 1 atom stereocenters. The molecule has 0 heterocycles. The number of hydrogen-bond donors (Lipinski definition) is 2. The molecule has 3 saturated carbocycles. The maximum Gasteiger partial charge on any atom is 0.408 e. The van der Waals surface area contributed by atoms with E-state index < -0.39 is 34.5 Å². The molecule has 0 unspecified atom stereocenters. The van der Waals surface area contributed by atoms with Gasteiger partial charge >= 0.3 is 18.0 Å². The first-order valence-electron chi connectivity index (χ1n) is 6.84. The van der Waals surface area contributed by atoms with Gasteiger partial charge in [0.05, 0.1) is 12.5 Å². The molecule has 0 aromatic rings. The highest BCUT2D eigenvalue weighted by Crippen LogP contribution is 2.75. The van der Waals surface area contributed by atoms with E-state index in [-0.39, 0.29) is 5.97 Å². The van der Waals surface area contributed by atoms with Crippen molar-refractivity contribution in [2.75, 3.05) is 7.11 Å². The maximum atomic E-state index is 11.8. The third-order valence-electron chi connectivity index (χ3n) is 4.21. The number of esters is 1. The third kappa shape index (κ3) is 2.56. The van der Waals surface area contributed by atoms with Crippen LogP contribution in [0.2, 0.25) is 0 Å². The molecule has 0 saturated heterocycles. The molecule has 7 nitrogen and oxygen atoms in total. The molecule has 0 radical (unpaired) electrons. The van der Waals surface area contributed by atoms with E-state index in [1.807, 2.05) is 0 Å². The van der Waals surface area contributed by atoms with E-state index in [1.54, 1.807) is 20.8 Å². The number of rotatable bonds is 4. The van der Waals surface area contributed by atoms with Gasteiger partial charge in [-0.1, -0.05) is 0 Å². The Morgan fingerprint density at radius 2 is 1.71 bits per heavy atom. The van der Waals surface area contributed by atoms with Crippen molar-refractivity contribution in [1.29, 1.82) is 0 Å². The summed E-state index contributed by atoms with van der Waals surface area (Å²) in [7, 11) is 1.32. The fourth-order valence-electron chi connectivity index (χ4n) is 3.51. The largest absolute Gasteiger partial charge is 0.480 e. The number of alkyl carbamates (subject to hydrolysis) is 1. The number of carbonyl (C=O) groups excluding carboxylic acids is 2. The number of carboxylic acids is 1. The first kappa shape index (κ1) is 15.6. The zero-order chi connectivity index (χ0) is 16.1. The number of ether oxygens (including phenoxy) is 2. The van der Waals surface area contributed by atoms with E-state index in [2.05, 4.69) is 5.32 Å². The van der Waals surface area contributed by atoms with Gasteiger partial charge in [0.2, 0.25) is 0 Å². The number of carbonyl (C=O) groups is 3. The molecule has 3 aliphatic rings. The fourth-order valence-corrected chi connectivity index (χ4v) is 3.51. The van der Waals surface area contributed by atoms with Crippen LogP contribution in [0.5, 0.6) is 0 Å². The van der Waals surface area contributed by atoms with Crippen LogP contribution in [-0.4, -0.2) is 41.9 Å². The van der Waals surface area contributed by atoms with Gasteiger partial charge in [0, 0.05) is 5.41 Å². The lowest BCUT2D eigenvalue weighted by Gasteiger charge is -2.70. The van der Waals surface area contributed by atoms with Crippen LogP contribution in [0.3, 0.4) is 0 Å². The van der Waals surface area contributed by atoms with Gasteiger partial charge in [-0.3, -0.25) is 4.79 Å². The molecule has 0 aromatic carbocycles. The Morgan fingerprint density at radius 1 is 1.19 bits per heavy atom. The van der Waals surface area contributed by atoms with E-state index in [0.717, 1.165) is 0 Å². The minimum Gasteiger partial charge on any atom is -0.480 e. The average molecular weight is 299 g/mol. The molecule has 21 heavy (non-hydrogen) atoms. The quantitative estimate of drug-likeness (QED) is 0.759. The van der Waals surface area contributed by atoms with E-state index >= 15 is 0 Å². The molecule has 0 aliphatic heterocycles. The summed E-state index contributed by atoms with van der Waals surface area (Å²) in [6.45, 7) is 5.11. The number of nitrogens with one attached hydrogen (secondary N) is 1. The van der Waals surface area contributed by atoms with Crippen LogP contribution in [-0.2, 0) is 19.1 Å². The lowest BCUT2D eigenvalue weighted by atomic mass is 9.33. The van der Waals surface area contributed by atoms with E-state index in [9.17, 15) is 19.5 Å². The van der Waals surface area contributed by atoms with Crippen molar-refractivity contribution in [1.82, 2.24) is 5.32 Å². The SMILES string of the molecule is COC(=O)C12CC([C@H](NC(=O)OC(C)(C)C)C(=O)O)(C1)C2. The van der Waals surface area contributed by atoms with E-state index in [1.165, 1.54) is 7.11 Å². The Balaban J connectivity index is 1.99. The molecule has 2 N–H and O–H groups in total. The van der Waals surface area contributed by atoms with Crippen molar-refractivity contribution in [3.05, 3.63) is 0 Å². The lowest BCUT2D eigenvalue weighted by molar-refractivity contribution is -0.236. The summed E-state index contributed by atoms with van der Waals surface area (Å²) in [5.41, 5.74) is -1.80. The minimum absolute atomic E-state index is 0.300. The molecular formula is C14H21NO6. The second-order valence-corrected chi connectivity index (χ2v) is 7.08. The Bertz CT molecular complexity index is 472. The predicted octanol–water partition coefficient (Wildman–Crippen LogP) is 1.31. The number of hydrogen-bond acceptors (Lipinski definition) is 5. The van der Waals surface area contributed by atoms with Crippen molar-refractivity contribution < 1.29 is 29.0 Å². The molecule has 3 fully saturated rings. The van der Waals surface area contributed by atoms with Gasteiger partial charge in [-0.05, 0) is 40.0 Å². The summed E-state index contributed by atoms with van der Waals surface area (Å²) in [4.78, 5) is 34.8.